The molecule has 150 valence electrons. The Morgan fingerprint density at radius 1 is 1.31 bits per heavy atom. The molecular formula is C14H24N2O10. The van der Waals surface area contributed by atoms with Crippen molar-refractivity contribution in [2.75, 3.05) is 6.61 Å². The first-order valence-corrected chi connectivity index (χ1v) is 7.75. The van der Waals surface area contributed by atoms with Crippen molar-refractivity contribution >= 4 is 17.7 Å². The summed E-state index contributed by atoms with van der Waals surface area (Å²) in [5, 5.41) is 60.1. The van der Waals surface area contributed by atoms with E-state index in [2.05, 4.69) is 5.32 Å². The van der Waals surface area contributed by atoms with Crippen LogP contribution in [-0.2, 0) is 19.1 Å². The van der Waals surface area contributed by atoms with Gasteiger partial charge < -0.3 is 51.2 Å². The summed E-state index contributed by atoms with van der Waals surface area (Å²) in [7, 11) is 0. The van der Waals surface area contributed by atoms with E-state index in [1.165, 1.54) is 6.92 Å². The maximum Gasteiger partial charge on any atom is 0.364 e. The van der Waals surface area contributed by atoms with E-state index in [4.69, 9.17) is 20.7 Å². The molecule has 1 saturated heterocycles. The summed E-state index contributed by atoms with van der Waals surface area (Å²) < 4.78 is 4.90. The Kier molecular flexibility index (Phi) is 7.18. The van der Waals surface area contributed by atoms with Crippen molar-refractivity contribution in [2.45, 2.75) is 62.1 Å². The van der Waals surface area contributed by atoms with Crippen molar-refractivity contribution in [2.24, 2.45) is 5.73 Å². The highest BCUT2D eigenvalue weighted by Crippen LogP contribution is 2.34. The number of Topliss-reactive ketones (excluding diaryl/α,β-unsaturated/α-hetero) is 1. The van der Waals surface area contributed by atoms with Gasteiger partial charge >= 0.3 is 5.97 Å². The molecule has 0 aromatic heterocycles. The number of ketones is 1. The largest absolute Gasteiger partial charge is 0.477 e. The van der Waals surface area contributed by atoms with Crippen LogP contribution in [0.25, 0.3) is 0 Å². The van der Waals surface area contributed by atoms with Crippen LogP contribution >= 0.6 is 0 Å². The number of carbonyl (C=O) groups excluding carboxylic acids is 2. The van der Waals surface area contributed by atoms with Crippen LogP contribution in [0.4, 0.5) is 0 Å². The number of amides is 1. The Labute approximate surface area is 148 Å². The van der Waals surface area contributed by atoms with Crippen molar-refractivity contribution in [1.29, 1.82) is 0 Å². The Hall–Kier alpha value is -1.67. The number of carbonyl (C=O) groups is 3. The van der Waals surface area contributed by atoms with E-state index in [0.29, 0.717) is 0 Å². The zero-order chi connectivity index (χ0) is 20.3. The summed E-state index contributed by atoms with van der Waals surface area (Å²) in [6, 6.07) is 0. The molecule has 0 saturated carbocycles. The highest BCUT2D eigenvalue weighted by Gasteiger charge is 2.60. The third-order valence-corrected chi connectivity index (χ3v) is 4.10. The van der Waals surface area contributed by atoms with Crippen molar-refractivity contribution in [3.05, 3.63) is 0 Å². The molecule has 1 aliphatic heterocycles. The lowest BCUT2D eigenvalue weighted by Gasteiger charge is -2.50. The monoisotopic (exact) mass is 380 g/mol. The number of hydrogen-bond acceptors (Lipinski definition) is 10. The molecule has 12 nitrogen and oxygen atoms in total. The van der Waals surface area contributed by atoms with Gasteiger partial charge in [-0.2, -0.15) is 0 Å². The van der Waals surface area contributed by atoms with Crippen LogP contribution < -0.4 is 11.1 Å². The van der Waals surface area contributed by atoms with Gasteiger partial charge in [0.05, 0.1) is 12.7 Å². The molecule has 9 N–H and O–H groups in total. The molecule has 0 aromatic carbocycles. The highest BCUT2D eigenvalue weighted by atomic mass is 16.7. The number of hydrogen-bond donors (Lipinski definition) is 8. The average Bonchev–Trinajstić information content (AvgIpc) is 2.55. The number of nitrogens with two attached hydrogens (primary N) is 1. The number of aliphatic hydroxyl groups is 5. The average molecular weight is 380 g/mol. The second kappa shape index (κ2) is 8.35. The lowest BCUT2D eigenvalue weighted by Crippen LogP contribution is -2.79. The van der Waals surface area contributed by atoms with Crippen LogP contribution in [0.2, 0.25) is 0 Å². The van der Waals surface area contributed by atoms with E-state index in [1.807, 2.05) is 0 Å². The van der Waals surface area contributed by atoms with Crippen LogP contribution in [0.15, 0.2) is 0 Å². The first-order valence-electron chi connectivity index (χ1n) is 7.75. The lowest BCUT2D eigenvalue weighted by atomic mass is 9.83. The van der Waals surface area contributed by atoms with Crippen LogP contribution in [0.1, 0.15) is 26.2 Å². The SMILES string of the molecule is CC(=O)CCC(=O)N[C@@]1(N)[C@@H](O)CC(O)(C(=O)O)O[C@H]1[C@H](O)[C@H](O)CO. The number of carboxylic acid groups (broad SMARTS) is 1. The Bertz CT molecular complexity index is 558. The minimum atomic E-state index is -2.95. The summed E-state index contributed by atoms with van der Waals surface area (Å²) in [6.45, 7) is 0.276. The minimum absolute atomic E-state index is 0.135. The molecule has 1 amide bonds. The fourth-order valence-corrected chi connectivity index (χ4v) is 2.52. The van der Waals surface area contributed by atoms with Gasteiger partial charge in [-0.05, 0) is 6.92 Å². The number of ether oxygens (including phenoxy) is 1. The highest BCUT2D eigenvalue weighted by molar-refractivity contribution is 5.84. The van der Waals surface area contributed by atoms with Gasteiger partial charge in [0.15, 0.2) is 0 Å². The van der Waals surface area contributed by atoms with Gasteiger partial charge in [-0.3, -0.25) is 4.79 Å². The van der Waals surface area contributed by atoms with Crippen molar-refractivity contribution in [3.63, 3.8) is 0 Å². The van der Waals surface area contributed by atoms with E-state index >= 15 is 0 Å². The predicted molar refractivity (Wildman–Crippen MR) is 82.2 cm³/mol. The molecule has 1 heterocycles. The standard InChI is InChI=1S/C14H24N2O10/c1-6(18)2-3-9(21)16-14(15)8(20)4-13(25,12(23)24)26-11(14)10(22)7(19)5-17/h7-8,10-11,17,19-20,22,25H,2-5,15H2,1H3,(H,16,21)(H,23,24)/t7-,8+,10-,11+,13?,14+/m1/s1. The topological polar surface area (TPSA) is 220 Å². The summed E-state index contributed by atoms with van der Waals surface area (Å²) in [4.78, 5) is 34.1. The molecule has 0 aliphatic carbocycles. The second-order valence-corrected chi connectivity index (χ2v) is 6.27. The third-order valence-electron chi connectivity index (χ3n) is 4.10. The maximum absolute atomic E-state index is 12.0. The van der Waals surface area contributed by atoms with Crippen molar-refractivity contribution < 1.29 is 49.8 Å². The first kappa shape index (κ1) is 22.4. The maximum atomic E-state index is 12.0. The summed E-state index contributed by atoms with van der Waals surface area (Å²) in [6.07, 6.45) is -9.26. The van der Waals surface area contributed by atoms with E-state index < -0.39 is 60.8 Å². The van der Waals surface area contributed by atoms with E-state index in [1.54, 1.807) is 0 Å². The third kappa shape index (κ3) is 4.73. The number of carboxylic acids is 1. The fraction of sp³-hybridized carbons (Fsp3) is 0.786. The number of nitrogens with one attached hydrogen (secondary N) is 1. The van der Waals surface area contributed by atoms with Crippen LogP contribution in [0.3, 0.4) is 0 Å². The van der Waals surface area contributed by atoms with E-state index in [-0.39, 0.29) is 18.6 Å². The van der Waals surface area contributed by atoms with Crippen LogP contribution in [0, 0.1) is 0 Å². The Morgan fingerprint density at radius 3 is 2.35 bits per heavy atom. The smallest absolute Gasteiger partial charge is 0.364 e. The minimum Gasteiger partial charge on any atom is -0.477 e. The molecule has 12 heteroatoms. The molecule has 1 aliphatic rings. The summed E-state index contributed by atoms with van der Waals surface area (Å²) >= 11 is 0. The molecule has 0 radical (unpaired) electrons. The molecular weight excluding hydrogens is 356 g/mol. The quantitative estimate of drug-likeness (QED) is 0.188. The van der Waals surface area contributed by atoms with Gasteiger partial charge in [-0.1, -0.05) is 0 Å². The number of aliphatic hydroxyl groups excluding tert-OH is 4. The molecule has 0 aromatic rings. The molecule has 1 rings (SSSR count). The van der Waals surface area contributed by atoms with Gasteiger partial charge in [0.25, 0.3) is 5.79 Å². The summed E-state index contributed by atoms with van der Waals surface area (Å²) in [5.74, 6) is -5.95. The normalized spacial score (nSPS) is 34.0. The predicted octanol–water partition coefficient (Wildman–Crippen LogP) is -4.24. The van der Waals surface area contributed by atoms with Crippen molar-refractivity contribution in [3.8, 4) is 0 Å². The molecule has 26 heavy (non-hydrogen) atoms. The van der Waals surface area contributed by atoms with E-state index in [9.17, 15) is 34.8 Å². The van der Waals surface area contributed by atoms with Gasteiger partial charge in [0.1, 0.15) is 29.8 Å². The number of rotatable bonds is 8. The zero-order valence-electron chi connectivity index (χ0n) is 14.0. The fourth-order valence-electron chi connectivity index (χ4n) is 2.52. The Morgan fingerprint density at radius 2 is 1.88 bits per heavy atom. The molecule has 1 fully saturated rings. The number of aliphatic carboxylic acids is 1. The zero-order valence-corrected chi connectivity index (χ0v) is 14.0. The molecule has 1 unspecified atom stereocenters. The first-order chi connectivity index (χ1) is 11.9. The van der Waals surface area contributed by atoms with Gasteiger partial charge in [0, 0.05) is 19.3 Å². The van der Waals surface area contributed by atoms with E-state index in [0.717, 1.165) is 0 Å². The molecule has 0 bridgehead atoms. The van der Waals surface area contributed by atoms with Gasteiger partial charge in [-0.25, -0.2) is 4.79 Å². The van der Waals surface area contributed by atoms with Gasteiger partial charge in [-0.15, -0.1) is 0 Å². The Balaban J connectivity index is 3.16. The van der Waals surface area contributed by atoms with Crippen LogP contribution in [0.5, 0.6) is 0 Å². The summed E-state index contributed by atoms with van der Waals surface area (Å²) in [5.41, 5.74) is 3.61. The second-order valence-electron chi connectivity index (χ2n) is 6.27. The molecule has 6 atom stereocenters. The van der Waals surface area contributed by atoms with Gasteiger partial charge in [0.2, 0.25) is 5.91 Å². The van der Waals surface area contributed by atoms with Crippen molar-refractivity contribution in [1.82, 2.24) is 5.32 Å². The molecule has 0 spiro atoms. The lowest BCUT2D eigenvalue weighted by molar-refractivity contribution is -0.311. The van der Waals surface area contributed by atoms with Crippen LogP contribution in [-0.4, -0.2) is 90.8 Å².